The lowest BCUT2D eigenvalue weighted by Crippen LogP contribution is -2.29. The molecule has 4 aromatic rings. The van der Waals surface area contributed by atoms with Crippen LogP contribution in [0.5, 0.6) is 0 Å². The Morgan fingerprint density at radius 3 is 1.62 bits per heavy atom. The van der Waals surface area contributed by atoms with Crippen LogP contribution < -0.4 is 15.8 Å². The van der Waals surface area contributed by atoms with E-state index in [2.05, 4.69) is 147 Å². The van der Waals surface area contributed by atoms with Gasteiger partial charge in [0.15, 0.2) is 0 Å². The fourth-order valence-electron chi connectivity index (χ4n) is 4.60. The summed E-state index contributed by atoms with van der Waals surface area (Å²) in [7, 11) is 0. The van der Waals surface area contributed by atoms with Crippen LogP contribution in [0, 0.1) is 6.92 Å². The first kappa shape index (κ1) is 22.4. The Morgan fingerprint density at radius 2 is 1.09 bits per heavy atom. The topological polar surface area (TPSA) is 27.3 Å². The molecule has 34 heavy (non-hydrogen) atoms. The predicted octanol–water partition coefficient (Wildman–Crippen LogP) is 7.27. The first-order chi connectivity index (χ1) is 16.4. The Kier molecular flexibility index (Phi) is 5.99. The van der Waals surface area contributed by atoms with Gasteiger partial charge in [0.05, 0.1) is 0 Å². The Bertz CT molecular complexity index is 1220. The van der Waals surface area contributed by atoms with Crippen molar-refractivity contribution in [1.82, 2.24) is 10.9 Å². The van der Waals surface area contributed by atoms with Crippen LogP contribution in [0.3, 0.4) is 0 Å². The molecule has 1 fully saturated rings. The van der Waals surface area contributed by atoms with Crippen LogP contribution in [0.15, 0.2) is 103 Å². The molecule has 5 rings (SSSR count). The van der Waals surface area contributed by atoms with Crippen LogP contribution in [-0.2, 0) is 5.41 Å². The van der Waals surface area contributed by atoms with Crippen molar-refractivity contribution >= 4 is 5.69 Å². The number of aryl methyl sites for hydroxylation is 1. The van der Waals surface area contributed by atoms with Gasteiger partial charge in [-0.25, -0.2) is 10.9 Å². The fourth-order valence-corrected chi connectivity index (χ4v) is 4.60. The molecule has 2 atom stereocenters. The van der Waals surface area contributed by atoms with Crippen LogP contribution in [0.25, 0.3) is 11.1 Å². The van der Waals surface area contributed by atoms with Crippen molar-refractivity contribution in [3.8, 4) is 11.1 Å². The highest BCUT2D eigenvalue weighted by molar-refractivity contribution is 5.64. The second kappa shape index (κ2) is 9.09. The summed E-state index contributed by atoms with van der Waals surface area (Å²) in [6.07, 6.45) is 0.0374. The second-order valence-corrected chi connectivity index (χ2v) is 10.2. The van der Waals surface area contributed by atoms with Gasteiger partial charge < -0.3 is 4.90 Å². The van der Waals surface area contributed by atoms with Crippen molar-refractivity contribution in [2.75, 3.05) is 4.90 Å². The Balaban J connectivity index is 1.49. The summed E-state index contributed by atoms with van der Waals surface area (Å²) >= 11 is 0. The van der Waals surface area contributed by atoms with Gasteiger partial charge in [0.1, 0.15) is 12.3 Å². The molecule has 1 aliphatic heterocycles. The average Bonchev–Trinajstić information content (AvgIpc) is 3.30. The van der Waals surface area contributed by atoms with E-state index >= 15 is 0 Å². The Labute approximate surface area is 203 Å². The quantitative estimate of drug-likeness (QED) is 0.344. The van der Waals surface area contributed by atoms with Crippen LogP contribution in [-0.4, -0.2) is 0 Å². The van der Waals surface area contributed by atoms with Crippen molar-refractivity contribution in [3.05, 3.63) is 125 Å². The number of anilines is 1. The van der Waals surface area contributed by atoms with E-state index in [-0.39, 0.29) is 17.7 Å². The van der Waals surface area contributed by atoms with Crippen molar-refractivity contribution in [2.24, 2.45) is 0 Å². The van der Waals surface area contributed by atoms with Crippen LogP contribution in [0.4, 0.5) is 5.69 Å². The molecular weight excluding hydrogens is 414 g/mol. The maximum absolute atomic E-state index is 3.57. The van der Waals surface area contributed by atoms with Crippen molar-refractivity contribution in [1.29, 1.82) is 0 Å². The molecule has 0 spiro atoms. The molecule has 172 valence electrons. The molecule has 1 unspecified atom stereocenters. The van der Waals surface area contributed by atoms with Gasteiger partial charge in [-0.15, -0.1) is 0 Å². The van der Waals surface area contributed by atoms with Crippen molar-refractivity contribution in [2.45, 2.75) is 45.4 Å². The van der Waals surface area contributed by atoms with Gasteiger partial charge in [-0.1, -0.05) is 117 Å². The van der Waals surface area contributed by atoms with Crippen molar-refractivity contribution < 1.29 is 0 Å². The number of benzene rings is 4. The molecule has 3 nitrogen and oxygen atoms in total. The van der Waals surface area contributed by atoms with E-state index in [1.165, 1.54) is 39.1 Å². The zero-order valence-electron chi connectivity index (χ0n) is 20.4. The van der Waals surface area contributed by atoms with Gasteiger partial charge >= 0.3 is 0 Å². The molecule has 0 radical (unpaired) electrons. The molecule has 2 N–H and O–H groups in total. The highest BCUT2D eigenvalue weighted by Crippen LogP contribution is 2.38. The molecule has 0 aliphatic carbocycles. The number of hydrazine groups is 1. The van der Waals surface area contributed by atoms with E-state index in [4.69, 9.17) is 0 Å². The molecule has 1 aliphatic rings. The lowest BCUT2D eigenvalue weighted by Gasteiger charge is -2.31. The average molecular weight is 448 g/mol. The zero-order chi connectivity index (χ0) is 23.7. The number of hydrogen-bond donors (Lipinski definition) is 2. The first-order valence-corrected chi connectivity index (χ1v) is 12.0. The van der Waals surface area contributed by atoms with E-state index in [0.29, 0.717) is 0 Å². The smallest absolute Gasteiger partial charge is 0.120 e. The second-order valence-electron chi connectivity index (χ2n) is 10.2. The highest BCUT2D eigenvalue weighted by Gasteiger charge is 2.35. The maximum atomic E-state index is 3.57. The van der Waals surface area contributed by atoms with E-state index in [1.807, 2.05) is 0 Å². The minimum atomic E-state index is 0.0137. The Morgan fingerprint density at radius 1 is 0.588 bits per heavy atom. The van der Waals surface area contributed by atoms with E-state index < -0.39 is 0 Å². The third kappa shape index (κ3) is 4.50. The predicted molar refractivity (Wildman–Crippen MR) is 142 cm³/mol. The molecule has 1 saturated heterocycles. The molecule has 0 bridgehead atoms. The lowest BCUT2D eigenvalue weighted by molar-refractivity contribution is 0.554. The lowest BCUT2D eigenvalue weighted by atomic mass is 9.86. The number of nitrogens with one attached hydrogen (secondary N) is 2. The SMILES string of the molecule is Cc1ccc(N2C(c3ccc(C(C)(C)C)cc3)NN[C@H]2c2ccc(-c3ccccc3)cc2)cc1. The van der Waals surface area contributed by atoms with Gasteiger partial charge in [0, 0.05) is 5.69 Å². The molecular formula is C31H33N3. The summed E-state index contributed by atoms with van der Waals surface area (Å²) in [5.74, 6) is 0. The van der Waals surface area contributed by atoms with Crippen LogP contribution in [0.2, 0.25) is 0 Å². The highest BCUT2D eigenvalue weighted by atomic mass is 15.6. The number of nitrogens with zero attached hydrogens (tertiary/aromatic N) is 1. The van der Waals surface area contributed by atoms with E-state index in [0.717, 1.165) is 0 Å². The third-order valence-corrected chi connectivity index (χ3v) is 6.67. The minimum absolute atomic E-state index is 0.0137. The molecule has 0 aromatic heterocycles. The third-order valence-electron chi connectivity index (χ3n) is 6.67. The van der Waals surface area contributed by atoms with Gasteiger partial charge in [-0.3, -0.25) is 0 Å². The van der Waals surface area contributed by atoms with Gasteiger partial charge in [0.25, 0.3) is 0 Å². The molecule has 3 heteroatoms. The summed E-state index contributed by atoms with van der Waals surface area (Å²) < 4.78 is 0. The first-order valence-electron chi connectivity index (χ1n) is 12.0. The molecule has 4 aromatic carbocycles. The number of rotatable bonds is 4. The summed E-state index contributed by atoms with van der Waals surface area (Å²) in [4.78, 5) is 2.43. The normalized spacial score (nSPS) is 18.3. The standard InChI is InChI=1S/C31H33N3/c1-22-10-20-28(21-11-22)34-29(25-14-12-24(13-15-25)23-8-6-5-7-9-23)32-33-30(34)26-16-18-27(19-17-26)31(2,3)4/h5-21,29-30,32-33H,1-4H3/t29-,30?/m1/s1. The van der Waals surface area contributed by atoms with E-state index in [1.54, 1.807) is 0 Å². The van der Waals surface area contributed by atoms with Gasteiger partial charge in [-0.05, 0) is 52.3 Å². The minimum Gasteiger partial charge on any atom is -0.330 e. The van der Waals surface area contributed by atoms with Gasteiger partial charge in [0.2, 0.25) is 0 Å². The largest absolute Gasteiger partial charge is 0.330 e. The summed E-state index contributed by atoms with van der Waals surface area (Å²) in [6, 6.07) is 37.2. The van der Waals surface area contributed by atoms with Gasteiger partial charge in [-0.2, -0.15) is 0 Å². The zero-order valence-corrected chi connectivity index (χ0v) is 20.4. The van der Waals surface area contributed by atoms with Crippen molar-refractivity contribution in [3.63, 3.8) is 0 Å². The molecule has 1 heterocycles. The molecule has 0 amide bonds. The maximum Gasteiger partial charge on any atom is 0.120 e. The summed E-state index contributed by atoms with van der Waals surface area (Å²) in [5, 5.41) is 0. The summed E-state index contributed by atoms with van der Waals surface area (Å²) in [5.41, 5.74) is 16.0. The van der Waals surface area contributed by atoms with E-state index in [9.17, 15) is 0 Å². The van der Waals surface area contributed by atoms with Crippen LogP contribution >= 0.6 is 0 Å². The fraction of sp³-hybridized carbons (Fsp3) is 0.226. The molecule has 0 saturated carbocycles. The monoisotopic (exact) mass is 447 g/mol. The number of hydrogen-bond acceptors (Lipinski definition) is 3. The summed E-state index contributed by atoms with van der Waals surface area (Å²) in [6.45, 7) is 8.90. The van der Waals surface area contributed by atoms with Crippen LogP contribution in [0.1, 0.15) is 55.4 Å². The Hall–Kier alpha value is -3.40.